The van der Waals surface area contributed by atoms with E-state index < -0.39 is 0 Å². The van der Waals surface area contributed by atoms with E-state index in [9.17, 15) is 0 Å². The van der Waals surface area contributed by atoms with Crippen LogP contribution in [0.4, 0.5) is 0 Å². The SMILES string of the molecule is CC(C)C1(C2c3ccc(C(C)(C)C)cc3-c3cc(C(C)(C)C)ccc32)C2=C(CC(C(C)(C)C)=C2)C2CCCC21.[Cl-].[Cl-].[Zr+2]. The van der Waals surface area contributed by atoms with E-state index in [1.54, 1.807) is 22.3 Å². The van der Waals surface area contributed by atoms with Crippen LogP contribution < -0.4 is 24.8 Å². The Morgan fingerprint density at radius 2 is 1.21 bits per heavy atom. The predicted molar refractivity (Wildman–Crippen MR) is 168 cm³/mol. The fraction of sp³-hybridized carbons (Fsp3) is 0.590. The molecule has 0 N–H and O–H groups in total. The van der Waals surface area contributed by atoms with Crippen molar-refractivity contribution in [3.8, 4) is 11.1 Å². The van der Waals surface area contributed by atoms with Gasteiger partial charge in [-0.2, -0.15) is 0 Å². The third-order valence-corrected chi connectivity index (χ3v) is 11.2. The summed E-state index contributed by atoms with van der Waals surface area (Å²) in [6, 6.07) is 15.1. The summed E-state index contributed by atoms with van der Waals surface area (Å²) >= 11 is 0. The molecule has 0 heterocycles. The molecule has 2 aromatic rings. The van der Waals surface area contributed by atoms with E-state index >= 15 is 0 Å². The molecular formula is C39H52Cl2Zr. The van der Waals surface area contributed by atoms with Crippen molar-refractivity contribution >= 4 is 0 Å². The molecule has 4 aliphatic rings. The van der Waals surface area contributed by atoms with Gasteiger partial charge < -0.3 is 24.8 Å². The molecule has 0 spiro atoms. The van der Waals surface area contributed by atoms with Crippen molar-refractivity contribution in [1.29, 1.82) is 0 Å². The molecule has 2 aromatic carbocycles. The second-order valence-corrected chi connectivity index (χ2v) is 16.8. The Balaban J connectivity index is 0.00000161. The van der Waals surface area contributed by atoms with E-state index in [0.29, 0.717) is 11.8 Å². The van der Waals surface area contributed by atoms with Gasteiger partial charge in [-0.3, -0.25) is 0 Å². The molecule has 0 aliphatic heterocycles. The molecule has 1 saturated carbocycles. The Morgan fingerprint density at radius 3 is 1.64 bits per heavy atom. The van der Waals surface area contributed by atoms with E-state index in [-0.39, 0.29) is 72.7 Å². The van der Waals surface area contributed by atoms with Crippen molar-refractivity contribution < 1.29 is 51.0 Å². The molecule has 3 unspecified atom stereocenters. The summed E-state index contributed by atoms with van der Waals surface area (Å²) in [4.78, 5) is 0. The van der Waals surface area contributed by atoms with Crippen LogP contribution in [0.5, 0.6) is 0 Å². The zero-order chi connectivity index (χ0) is 28.3. The van der Waals surface area contributed by atoms with Crippen molar-refractivity contribution in [3.63, 3.8) is 0 Å². The van der Waals surface area contributed by atoms with Crippen LogP contribution in [-0.4, -0.2) is 0 Å². The molecule has 0 aromatic heterocycles. The molecule has 0 amide bonds. The van der Waals surface area contributed by atoms with Gasteiger partial charge in [0.15, 0.2) is 0 Å². The molecule has 0 radical (unpaired) electrons. The fourth-order valence-electron chi connectivity index (χ4n) is 9.12. The van der Waals surface area contributed by atoms with Gasteiger partial charge in [0, 0.05) is 11.3 Å². The number of hydrogen-bond acceptors (Lipinski definition) is 0. The molecule has 42 heavy (non-hydrogen) atoms. The van der Waals surface area contributed by atoms with Crippen LogP contribution in [0, 0.1) is 28.6 Å². The predicted octanol–water partition coefficient (Wildman–Crippen LogP) is 5.14. The smallest absolute Gasteiger partial charge is 1.00 e. The van der Waals surface area contributed by atoms with Crippen LogP contribution in [0.15, 0.2) is 59.2 Å². The largest absolute Gasteiger partial charge is 2.00 e. The average molecular weight is 683 g/mol. The molecule has 0 bridgehead atoms. The van der Waals surface area contributed by atoms with E-state index in [0.717, 1.165) is 11.8 Å². The number of fused-ring (bicyclic) bond motifs is 5. The first kappa shape index (κ1) is 35.9. The first-order valence-corrected chi connectivity index (χ1v) is 15.8. The maximum absolute atomic E-state index is 2.72. The Kier molecular flexibility index (Phi) is 9.93. The molecular weight excluding hydrogens is 631 g/mol. The Hall–Kier alpha value is -0.617. The second kappa shape index (κ2) is 11.6. The van der Waals surface area contributed by atoms with Gasteiger partial charge in [0.05, 0.1) is 0 Å². The zero-order valence-corrected chi connectivity index (χ0v) is 31.9. The number of rotatable bonds is 2. The molecule has 3 atom stereocenters. The third kappa shape index (κ3) is 5.22. The summed E-state index contributed by atoms with van der Waals surface area (Å²) in [7, 11) is 0. The molecule has 0 nitrogen and oxygen atoms in total. The number of allylic oxidation sites excluding steroid dienone is 4. The molecule has 6 rings (SSSR count). The van der Waals surface area contributed by atoms with Crippen LogP contribution >= 0.6 is 0 Å². The van der Waals surface area contributed by atoms with Gasteiger partial charge in [-0.25, -0.2) is 0 Å². The third-order valence-electron chi connectivity index (χ3n) is 11.2. The summed E-state index contributed by atoms with van der Waals surface area (Å²) in [6.07, 6.45) is 8.10. The minimum atomic E-state index is 0. The minimum absolute atomic E-state index is 0. The molecule has 0 saturated heterocycles. The van der Waals surface area contributed by atoms with Crippen molar-refractivity contribution in [3.05, 3.63) is 81.4 Å². The number of hydrogen-bond donors (Lipinski definition) is 0. The van der Waals surface area contributed by atoms with Crippen molar-refractivity contribution in [2.45, 2.75) is 119 Å². The first-order chi connectivity index (χ1) is 18.1. The quantitative estimate of drug-likeness (QED) is 0.412. The molecule has 226 valence electrons. The maximum atomic E-state index is 2.72. The molecule has 3 heteroatoms. The van der Waals surface area contributed by atoms with Crippen LogP contribution in [0.3, 0.4) is 0 Å². The monoisotopic (exact) mass is 680 g/mol. The Labute approximate surface area is 288 Å². The summed E-state index contributed by atoms with van der Waals surface area (Å²) < 4.78 is 0. The van der Waals surface area contributed by atoms with Gasteiger partial charge in [-0.1, -0.05) is 136 Å². The summed E-state index contributed by atoms with van der Waals surface area (Å²) in [6.45, 7) is 26.5. The Bertz CT molecular complexity index is 1340. The topological polar surface area (TPSA) is 0 Å². The van der Waals surface area contributed by atoms with Crippen LogP contribution in [0.2, 0.25) is 0 Å². The number of halogens is 2. The summed E-state index contributed by atoms with van der Waals surface area (Å²) in [5.41, 5.74) is 15.0. The van der Waals surface area contributed by atoms with Gasteiger partial charge in [0.1, 0.15) is 0 Å². The average Bonchev–Trinajstić information content (AvgIpc) is 3.57. The zero-order valence-electron chi connectivity index (χ0n) is 27.9. The normalized spacial score (nSPS) is 24.8. The first-order valence-electron chi connectivity index (χ1n) is 15.8. The van der Waals surface area contributed by atoms with Gasteiger partial charge in [0.25, 0.3) is 0 Å². The van der Waals surface area contributed by atoms with Gasteiger partial charge in [0.2, 0.25) is 0 Å². The minimum Gasteiger partial charge on any atom is -1.00 e. The summed E-state index contributed by atoms with van der Waals surface area (Å²) in [5, 5.41) is 0. The van der Waals surface area contributed by atoms with Gasteiger partial charge in [-0.05, 0) is 92.2 Å². The fourth-order valence-corrected chi connectivity index (χ4v) is 9.12. The van der Waals surface area contributed by atoms with Crippen molar-refractivity contribution in [2.24, 2.45) is 28.6 Å². The van der Waals surface area contributed by atoms with Crippen molar-refractivity contribution in [2.75, 3.05) is 0 Å². The maximum Gasteiger partial charge on any atom is 2.00 e. The van der Waals surface area contributed by atoms with E-state index in [4.69, 9.17) is 0 Å². The van der Waals surface area contributed by atoms with Crippen LogP contribution in [0.1, 0.15) is 130 Å². The number of benzene rings is 2. The van der Waals surface area contributed by atoms with Crippen LogP contribution in [-0.2, 0) is 37.0 Å². The molecule has 4 aliphatic carbocycles. The summed E-state index contributed by atoms with van der Waals surface area (Å²) in [5.74, 6) is 2.54. The Morgan fingerprint density at radius 1 is 0.714 bits per heavy atom. The van der Waals surface area contributed by atoms with E-state index in [1.807, 2.05) is 5.57 Å². The second-order valence-electron chi connectivity index (χ2n) is 16.8. The van der Waals surface area contributed by atoms with E-state index in [2.05, 4.69) is 119 Å². The standard InChI is InChI=1S/C39H52.2ClH.Zr/c1-23(2)39(33-14-12-13-27(33)32-21-26(22-34(32)39)38(9,10)11)35-28-17-15-24(36(3,4)5)19-30(28)31-20-25(37(6,7)8)16-18-29(31)35;;;/h15-20,22-23,27,33,35H,12-14,21H2,1-11H3;2*1H;/q;;;+2/p-2. The molecule has 1 fully saturated rings. The van der Waals surface area contributed by atoms with Crippen molar-refractivity contribution in [1.82, 2.24) is 0 Å². The van der Waals surface area contributed by atoms with Crippen LogP contribution in [0.25, 0.3) is 11.1 Å². The van der Waals surface area contributed by atoms with E-state index in [1.165, 1.54) is 47.9 Å². The van der Waals surface area contributed by atoms with Gasteiger partial charge in [-0.15, -0.1) is 0 Å². The van der Waals surface area contributed by atoms with Gasteiger partial charge >= 0.3 is 26.2 Å².